The van der Waals surface area contributed by atoms with Gasteiger partial charge in [0.2, 0.25) is 0 Å². The van der Waals surface area contributed by atoms with Gasteiger partial charge in [-0.15, -0.1) is 0 Å². The molecule has 0 radical (unpaired) electrons. The summed E-state index contributed by atoms with van der Waals surface area (Å²) >= 11 is 0. The molecule has 4 heteroatoms. The minimum atomic E-state index is -0.796. The molecule has 0 aliphatic carbocycles. The van der Waals surface area contributed by atoms with Crippen LogP contribution in [0.4, 0.5) is 0 Å². The minimum absolute atomic E-state index is 0.107. The maximum absolute atomic E-state index is 10.6. The highest BCUT2D eigenvalue weighted by atomic mass is 16.4. The lowest BCUT2D eigenvalue weighted by Gasteiger charge is -2.02. The minimum Gasteiger partial charge on any atom is -0.481 e. The first-order valence-corrected chi connectivity index (χ1v) is 5.87. The molecule has 0 atom stereocenters. The van der Waals surface area contributed by atoms with Crippen LogP contribution < -0.4 is 0 Å². The average molecular weight is 244 g/mol. The van der Waals surface area contributed by atoms with E-state index >= 15 is 0 Å². The van der Waals surface area contributed by atoms with Crippen LogP contribution in [0.15, 0.2) is 30.5 Å². The molecule has 18 heavy (non-hydrogen) atoms. The Morgan fingerprint density at radius 3 is 2.61 bits per heavy atom. The molecule has 0 saturated heterocycles. The molecular weight excluding hydrogens is 228 g/mol. The summed E-state index contributed by atoms with van der Waals surface area (Å²) < 4.78 is 1.73. The average Bonchev–Trinajstić information content (AvgIpc) is 2.69. The normalized spacial score (nSPS) is 10.6. The fraction of sp³-hybridized carbons (Fsp3) is 0.286. The number of aromatic nitrogens is 2. The van der Waals surface area contributed by atoms with E-state index in [1.807, 2.05) is 44.4 Å². The van der Waals surface area contributed by atoms with Gasteiger partial charge in [0.15, 0.2) is 0 Å². The summed E-state index contributed by atoms with van der Waals surface area (Å²) in [5.74, 6) is -0.796. The molecule has 1 aromatic heterocycles. The zero-order chi connectivity index (χ0) is 13.1. The Bertz CT molecular complexity index is 556. The molecule has 0 bridgehead atoms. The SMILES string of the molecule is Cc1ccc(-c2cn(C)nc2CCC(=O)O)cc1. The van der Waals surface area contributed by atoms with Gasteiger partial charge in [-0.25, -0.2) is 0 Å². The molecule has 94 valence electrons. The number of benzene rings is 1. The number of rotatable bonds is 4. The van der Waals surface area contributed by atoms with E-state index in [2.05, 4.69) is 5.10 Å². The van der Waals surface area contributed by atoms with Crippen LogP contribution in [0.25, 0.3) is 11.1 Å². The summed E-state index contributed by atoms with van der Waals surface area (Å²) in [6.07, 6.45) is 2.50. The first-order valence-electron chi connectivity index (χ1n) is 5.87. The second kappa shape index (κ2) is 5.04. The molecule has 0 aliphatic rings. The zero-order valence-corrected chi connectivity index (χ0v) is 10.6. The smallest absolute Gasteiger partial charge is 0.303 e. The van der Waals surface area contributed by atoms with Gasteiger partial charge < -0.3 is 5.11 Å². The van der Waals surface area contributed by atoms with E-state index in [1.165, 1.54) is 5.56 Å². The second-order valence-electron chi connectivity index (χ2n) is 4.42. The molecule has 0 fully saturated rings. The second-order valence-corrected chi connectivity index (χ2v) is 4.42. The van der Waals surface area contributed by atoms with Crippen molar-refractivity contribution in [3.63, 3.8) is 0 Å². The van der Waals surface area contributed by atoms with Gasteiger partial charge in [-0.05, 0) is 12.5 Å². The largest absolute Gasteiger partial charge is 0.481 e. The van der Waals surface area contributed by atoms with Gasteiger partial charge in [-0.2, -0.15) is 5.10 Å². The van der Waals surface area contributed by atoms with Gasteiger partial charge in [0.1, 0.15) is 0 Å². The molecule has 2 aromatic rings. The lowest BCUT2D eigenvalue weighted by atomic mass is 10.0. The van der Waals surface area contributed by atoms with Crippen molar-refractivity contribution >= 4 is 5.97 Å². The molecular formula is C14H16N2O2. The number of hydrogen-bond donors (Lipinski definition) is 1. The maximum Gasteiger partial charge on any atom is 0.303 e. The molecule has 0 spiro atoms. The van der Waals surface area contributed by atoms with Gasteiger partial charge >= 0.3 is 5.97 Å². The number of carbonyl (C=O) groups is 1. The number of aliphatic carboxylic acids is 1. The number of aryl methyl sites for hydroxylation is 3. The van der Waals surface area contributed by atoms with E-state index < -0.39 is 5.97 Å². The number of nitrogens with zero attached hydrogens (tertiary/aromatic N) is 2. The fourth-order valence-electron chi connectivity index (χ4n) is 1.92. The van der Waals surface area contributed by atoms with Crippen LogP contribution in [-0.2, 0) is 18.3 Å². The summed E-state index contributed by atoms with van der Waals surface area (Å²) in [7, 11) is 1.85. The predicted octanol–water partition coefficient (Wildman–Crippen LogP) is 2.41. The Kier molecular flexibility index (Phi) is 3.46. The first-order chi connectivity index (χ1) is 8.56. The summed E-state index contributed by atoms with van der Waals surface area (Å²) in [4.78, 5) is 10.6. The molecule has 2 rings (SSSR count). The van der Waals surface area contributed by atoms with Crippen molar-refractivity contribution in [2.24, 2.45) is 7.05 Å². The zero-order valence-electron chi connectivity index (χ0n) is 10.6. The van der Waals surface area contributed by atoms with E-state index in [1.54, 1.807) is 4.68 Å². The third-order valence-electron chi connectivity index (χ3n) is 2.84. The van der Waals surface area contributed by atoms with Crippen molar-refractivity contribution in [3.8, 4) is 11.1 Å². The van der Waals surface area contributed by atoms with Crippen LogP contribution in [0.3, 0.4) is 0 Å². The molecule has 1 N–H and O–H groups in total. The van der Waals surface area contributed by atoms with Gasteiger partial charge in [-0.3, -0.25) is 9.48 Å². The van der Waals surface area contributed by atoms with Gasteiger partial charge in [0.05, 0.1) is 12.1 Å². The van der Waals surface area contributed by atoms with Gasteiger partial charge in [0, 0.05) is 25.2 Å². The predicted molar refractivity (Wildman–Crippen MR) is 69.3 cm³/mol. The van der Waals surface area contributed by atoms with Crippen LogP contribution >= 0.6 is 0 Å². The van der Waals surface area contributed by atoms with Crippen LogP contribution in [0.5, 0.6) is 0 Å². The number of carboxylic acid groups (broad SMARTS) is 1. The Balaban J connectivity index is 2.31. The fourth-order valence-corrected chi connectivity index (χ4v) is 1.92. The van der Waals surface area contributed by atoms with Crippen LogP contribution in [0, 0.1) is 6.92 Å². The first kappa shape index (κ1) is 12.4. The van der Waals surface area contributed by atoms with Crippen molar-refractivity contribution in [2.75, 3.05) is 0 Å². The molecule has 0 saturated carbocycles. The lowest BCUT2D eigenvalue weighted by molar-refractivity contribution is -0.136. The molecule has 0 aliphatic heterocycles. The monoisotopic (exact) mass is 244 g/mol. The summed E-state index contributed by atoms with van der Waals surface area (Å²) in [6.45, 7) is 2.04. The van der Waals surface area contributed by atoms with Crippen molar-refractivity contribution in [1.82, 2.24) is 9.78 Å². The standard InChI is InChI=1S/C14H16N2O2/c1-10-3-5-11(6-4-10)12-9-16(2)15-13(12)7-8-14(17)18/h3-6,9H,7-8H2,1-2H3,(H,17,18). The third-order valence-corrected chi connectivity index (χ3v) is 2.84. The van der Waals surface area contributed by atoms with E-state index in [9.17, 15) is 4.79 Å². The molecule has 0 unspecified atom stereocenters. The Morgan fingerprint density at radius 2 is 2.00 bits per heavy atom. The quantitative estimate of drug-likeness (QED) is 0.898. The van der Waals surface area contributed by atoms with E-state index in [0.29, 0.717) is 6.42 Å². The lowest BCUT2D eigenvalue weighted by Crippen LogP contribution is -1.99. The van der Waals surface area contributed by atoms with E-state index in [4.69, 9.17) is 5.11 Å². The number of carboxylic acids is 1. The van der Waals surface area contributed by atoms with Gasteiger partial charge in [0.25, 0.3) is 0 Å². The summed E-state index contributed by atoms with van der Waals surface area (Å²) in [6, 6.07) is 8.17. The maximum atomic E-state index is 10.6. The highest BCUT2D eigenvalue weighted by Crippen LogP contribution is 2.24. The summed E-state index contributed by atoms with van der Waals surface area (Å²) in [5.41, 5.74) is 4.13. The molecule has 1 aromatic carbocycles. The Morgan fingerprint density at radius 1 is 1.33 bits per heavy atom. The molecule has 4 nitrogen and oxygen atoms in total. The number of hydrogen-bond acceptors (Lipinski definition) is 2. The van der Waals surface area contributed by atoms with Gasteiger partial charge in [-0.1, -0.05) is 29.8 Å². The Hall–Kier alpha value is -2.10. The highest BCUT2D eigenvalue weighted by Gasteiger charge is 2.11. The third kappa shape index (κ3) is 2.77. The Labute approximate surface area is 106 Å². The van der Waals surface area contributed by atoms with Crippen LogP contribution in [-0.4, -0.2) is 20.9 Å². The van der Waals surface area contributed by atoms with E-state index in [0.717, 1.165) is 16.8 Å². The molecule has 1 heterocycles. The van der Waals surface area contributed by atoms with Crippen LogP contribution in [0.2, 0.25) is 0 Å². The van der Waals surface area contributed by atoms with Crippen molar-refractivity contribution in [2.45, 2.75) is 19.8 Å². The van der Waals surface area contributed by atoms with Crippen molar-refractivity contribution < 1.29 is 9.90 Å². The summed E-state index contributed by atoms with van der Waals surface area (Å²) in [5, 5.41) is 13.1. The topological polar surface area (TPSA) is 55.1 Å². The van der Waals surface area contributed by atoms with Crippen LogP contribution in [0.1, 0.15) is 17.7 Å². The van der Waals surface area contributed by atoms with E-state index in [-0.39, 0.29) is 6.42 Å². The molecule has 0 amide bonds. The van der Waals surface area contributed by atoms with Crippen molar-refractivity contribution in [1.29, 1.82) is 0 Å². The highest BCUT2D eigenvalue weighted by molar-refractivity contribution is 5.69. The van der Waals surface area contributed by atoms with Crippen molar-refractivity contribution in [3.05, 3.63) is 41.7 Å².